The fraction of sp³-hybridized carbons (Fsp3) is 0.250. The van der Waals surface area contributed by atoms with Crippen LogP contribution in [0.15, 0.2) is 60.4 Å². The maximum absolute atomic E-state index is 13.2. The number of carbonyl (C=O) groups excluding carboxylic acids is 1. The third-order valence-corrected chi connectivity index (χ3v) is 6.81. The fourth-order valence-corrected chi connectivity index (χ4v) is 4.76. The summed E-state index contributed by atoms with van der Waals surface area (Å²) in [6.45, 7) is 5.44. The molecule has 9 nitrogen and oxygen atoms in total. The zero-order valence-corrected chi connectivity index (χ0v) is 20.6. The number of ketones is 1. The minimum atomic E-state index is -0.473. The van der Waals surface area contributed by atoms with Gasteiger partial charge in [0.05, 0.1) is 23.2 Å². The van der Waals surface area contributed by atoms with Crippen molar-refractivity contribution in [3.63, 3.8) is 0 Å². The first-order valence-electron chi connectivity index (χ1n) is 12.0. The first kappa shape index (κ1) is 24.3. The lowest BCUT2D eigenvalue weighted by molar-refractivity contribution is -0.384. The van der Waals surface area contributed by atoms with E-state index in [1.165, 1.54) is 12.1 Å². The number of piperazine rings is 1. The lowest BCUT2D eigenvalue weighted by Gasteiger charge is -2.36. The number of hydrogen-bond donors (Lipinski definition) is 1. The molecule has 1 N–H and O–H groups in total. The van der Waals surface area contributed by atoms with E-state index >= 15 is 0 Å². The Morgan fingerprint density at radius 1 is 1.08 bits per heavy atom. The number of phenols is 1. The van der Waals surface area contributed by atoms with Crippen LogP contribution in [0.2, 0.25) is 0 Å². The summed E-state index contributed by atoms with van der Waals surface area (Å²) in [5, 5.41) is 21.7. The van der Waals surface area contributed by atoms with Crippen LogP contribution in [0.1, 0.15) is 27.0 Å². The van der Waals surface area contributed by atoms with Crippen LogP contribution < -0.4 is 14.4 Å². The first-order valence-corrected chi connectivity index (χ1v) is 12.0. The molecule has 190 valence electrons. The van der Waals surface area contributed by atoms with E-state index in [-0.39, 0.29) is 23.0 Å². The number of non-ortho nitro benzene ring substituents is 1. The van der Waals surface area contributed by atoms with Crippen LogP contribution in [-0.4, -0.2) is 54.0 Å². The van der Waals surface area contributed by atoms with Crippen molar-refractivity contribution in [2.45, 2.75) is 13.5 Å². The van der Waals surface area contributed by atoms with E-state index in [1.54, 1.807) is 38.3 Å². The molecule has 0 bridgehead atoms. The summed E-state index contributed by atoms with van der Waals surface area (Å²) in [7, 11) is 1.65. The molecule has 0 aromatic heterocycles. The molecule has 2 aliphatic rings. The summed E-state index contributed by atoms with van der Waals surface area (Å²) >= 11 is 0. The number of ether oxygens (including phenoxy) is 2. The van der Waals surface area contributed by atoms with Gasteiger partial charge in [0.15, 0.2) is 5.76 Å². The molecule has 0 spiro atoms. The van der Waals surface area contributed by atoms with E-state index < -0.39 is 4.92 Å². The molecular weight excluding hydrogens is 474 g/mol. The normalized spacial score (nSPS) is 16.5. The fourth-order valence-electron chi connectivity index (χ4n) is 4.76. The van der Waals surface area contributed by atoms with Gasteiger partial charge in [0, 0.05) is 50.5 Å². The highest BCUT2D eigenvalue weighted by atomic mass is 16.6. The zero-order valence-electron chi connectivity index (χ0n) is 20.6. The summed E-state index contributed by atoms with van der Waals surface area (Å²) < 4.78 is 11.3. The Morgan fingerprint density at radius 3 is 2.38 bits per heavy atom. The van der Waals surface area contributed by atoms with Crippen molar-refractivity contribution in [1.82, 2.24) is 4.90 Å². The second kappa shape index (κ2) is 9.94. The number of nitro groups is 1. The van der Waals surface area contributed by atoms with Gasteiger partial charge in [-0.2, -0.15) is 0 Å². The molecule has 1 fully saturated rings. The number of anilines is 1. The van der Waals surface area contributed by atoms with Crippen molar-refractivity contribution in [3.05, 3.63) is 92.7 Å². The van der Waals surface area contributed by atoms with Crippen molar-refractivity contribution in [1.29, 1.82) is 0 Å². The average Bonchev–Trinajstić information content (AvgIpc) is 3.23. The monoisotopic (exact) mass is 501 g/mol. The lowest BCUT2D eigenvalue weighted by atomic mass is 9.99. The van der Waals surface area contributed by atoms with Gasteiger partial charge in [0.25, 0.3) is 5.69 Å². The second-order valence-electron chi connectivity index (χ2n) is 9.14. The van der Waals surface area contributed by atoms with E-state index in [2.05, 4.69) is 9.80 Å². The van der Waals surface area contributed by atoms with Gasteiger partial charge < -0.3 is 19.5 Å². The van der Waals surface area contributed by atoms with Crippen molar-refractivity contribution in [3.8, 4) is 17.2 Å². The van der Waals surface area contributed by atoms with Crippen molar-refractivity contribution >= 4 is 23.2 Å². The van der Waals surface area contributed by atoms with E-state index in [0.29, 0.717) is 34.5 Å². The van der Waals surface area contributed by atoms with Gasteiger partial charge in [0.1, 0.15) is 17.2 Å². The maximum atomic E-state index is 13.2. The molecule has 2 aliphatic heterocycles. The van der Waals surface area contributed by atoms with E-state index in [0.717, 1.165) is 37.6 Å². The number of aryl methyl sites for hydroxylation is 1. The van der Waals surface area contributed by atoms with Gasteiger partial charge >= 0.3 is 0 Å². The summed E-state index contributed by atoms with van der Waals surface area (Å²) in [5.41, 5.74) is 3.38. The maximum Gasteiger partial charge on any atom is 0.269 e. The molecule has 5 rings (SSSR count). The number of Topliss-reactive ketones (excluding diaryl/α,β-unsaturated/α-hetero) is 1. The lowest BCUT2D eigenvalue weighted by Crippen LogP contribution is -2.46. The second-order valence-corrected chi connectivity index (χ2v) is 9.14. The Kier molecular flexibility index (Phi) is 6.54. The predicted octanol–water partition coefficient (Wildman–Crippen LogP) is 4.56. The quantitative estimate of drug-likeness (QED) is 0.298. The third kappa shape index (κ3) is 4.85. The van der Waals surface area contributed by atoms with Crippen LogP contribution in [-0.2, 0) is 6.54 Å². The molecule has 0 aliphatic carbocycles. The number of benzene rings is 3. The van der Waals surface area contributed by atoms with Gasteiger partial charge in [-0.15, -0.1) is 0 Å². The number of rotatable bonds is 6. The number of hydrogen-bond acceptors (Lipinski definition) is 8. The highest BCUT2D eigenvalue weighted by Gasteiger charge is 2.34. The number of methoxy groups -OCH3 is 1. The van der Waals surface area contributed by atoms with Crippen molar-refractivity contribution in [2.75, 3.05) is 38.2 Å². The van der Waals surface area contributed by atoms with Gasteiger partial charge in [-0.1, -0.05) is 0 Å². The van der Waals surface area contributed by atoms with E-state index in [4.69, 9.17) is 9.47 Å². The number of allylic oxidation sites excluding steroid dienone is 1. The largest absolute Gasteiger partial charge is 0.507 e. The minimum Gasteiger partial charge on any atom is -0.507 e. The molecular formula is C28H27N3O6. The predicted molar refractivity (Wildman–Crippen MR) is 139 cm³/mol. The summed E-state index contributed by atoms with van der Waals surface area (Å²) in [5.74, 6) is 1.16. The van der Waals surface area contributed by atoms with Crippen LogP contribution in [0.5, 0.6) is 17.2 Å². The number of fused-ring (bicyclic) bond motifs is 1. The molecule has 37 heavy (non-hydrogen) atoms. The average molecular weight is 502 g/mol. The third-order valence-electron chi connectivity index (χ3n) is 6.81. The molecule has 0 unspecified atom stereocenters. The minimum absolute atomic E-state index is 0.0285. The number of nitrogens with zero attached hydrogens (tertiary/aromatic N) is 3. The van der Waals surface area contributed by atoms with Crippen LogP contribution in [0, 0.1) is 17.0 Å². The van der Waals surface area contributed by atoms with Crippen molar-refractivity contribution < 1.29 is 24.3 Å². The SMILES string of the molecule is COc1ccc(N2CCN(Cc3c(O)cc(C)c4c3O/C(=C/c3ccc([N+](=O)[O-])cc3)C4=O)CC2)cc1. The Bertz CT molecular complexity index is 1370. The zero-order chi connectivity index (χ0) is 26.1. The molecule has 1 saturated heterocycles. The first-order chi connectivity index (χ1) is 17.8. The Labute approximate surface area is 214 Å². The Morgan fingerprint density at radius 2 is 1.76 bits per heavy atom. The highest BCUT2D eigenvalue weighted by Crippen LogP contribution is 2.42. The smallest absolute Gasteiger partial charge is 0.269 e. The van der Waals surface area contributed by atoms with Gasteiger partial charge in [-0.05, 0) is 66.6 Å². The number of carbonyl (C=O) groups is 1. The molecule has 0 amide bonds. The molecule has 0 saturated carbocycles. The Balaban J connectivity index is 1.33. The van der Waals surface area contributed by atoms with E-state index in [9.17, 15) is 20.0 Å². The molecule has 3 aromatic rings. The number of phenolic OH excluding ortho intramolecular Hbond substituents is 1. The van der Waals surface area contributed by atoms with Crippen LogP contribution in [0.4, 0.5) is 11.4 Å². The van der Waals surface area contributed by atoms with Crippen LogP contribution in [0.3, 0.4) is 0 Å². The summed E-state index contributed by atoms with van der Waals surface area (Å²) in [4.78, 5) is 28.2. The molecule has 9 heteroatoms. The number of aromatic hydroxyl groups is 1. The van der Waals surface area contributed by atoms with Crippen LogP contribution in [0.25, 0.3) is 6.08 Å². The van der Waals surface area contributed by atoms with Crippen molar-refractivity contribution in [2.24, 2.45) is 0 Å². The highest BCUT2D eigenvalue weighted by molar-refractivity contribution is 6.15. The molecule has 0 radical (unpaired) electrons. The van der Waals surface area contributed by atoms with Gasteiger partial charge in [-0.25, -0.2) is 0 Å². The number of nitro benzene ring substituents is 1. The van der Waals surface area contributed by atoms with E-state index in [1.807, 2.05) is 24.3 Å². The van der Waals surface area contributed by atoms with Gasteiger partial charge in [-0.3, -0.25) is 19.8 Å². The summed E-state index contributed by atoms with van der Waals surface area (Å²) in [6.07, 6.45) is 1.57. The molecule has 0 atom stereocenters. The summed E-state index contributed by atoms with van der Waals surface area (Å²) in [6, 6.07) is 15.5. The standard InChI is InChI=1S/C28H27N3O6/c1-18-15-24(32)23(17-29-11-13-30(14-12-29)20-7-9-22(36-2)10-8-20)28-26(18)27(33)25(37-28)16-19-3-5-21(6-4-19)31(34)35/h3-10,15-16,32H,11-14,17H2,1-2H3/b25-16+. The Hall–Kier alpha value is -4.37. The van der Waals surface area contributed by atoms with Crippen LogP contribution >= 0.6 is 0 Å². The topological polar surface area (TPSA) is 105 Å². The molecule has 3 aromatic carbocycles. The van der Waals surface area contributed by atoms with Gasteiger partial charge in [0.2, 0.25) is 5.78 Å². The molecule has 2 heterocycles.